The molecule has 0 bridgehead atoms. The molecule has 6 nitrogen and oxygen atoms in total. The number of thiophene rings is 1. The summed E-state index contributed by atoms with van der Waals surface area (Å²) in [5.41, 5.74) is 2.29. The maximum Gasteiger partial charge on any atom is 0.349 e. The molecule has 1 aromatic rings. The lowest BCUT2D eigenvalue weighted by atomic mass is 9.94. The molecule has 0 spiro atoms. The Hall–Kier alpha value is -0.430. The molecular formula is C15H24ClN2O4PS. The van der Waals surface area contributed by atoms with Crippen molar-refractivity contribution < 1.29 is 19.1 Å². The maximum absolute atomic E-state index is 12.6. The standard InChI is InChI=1S/C15H23N2O4PS.ClH/c18-14(13-11-6-2-1-5-10(11)9-23-13)17-15(22(19,20)21)12-7-3-4-8-16-12;/h9,12,15-16H,1-8H2,(H,17,18)(H2,19,20,21);1H. The minimum atomic E-state index is -4.42. The molecule has 4 N–H and O–H groups in total. The number of hydrogen-bond donors (Lipinski definition) is 4. The molecule has 1 fully saturated rings. The Morgan fingerprint density at radius 1 is 1.29 bits per heavy atom. The number of rotatable bonds is 4. The third-order valence-electron chi connectivity index (χ3n) is 4.68. The van der Waals surface area contributed by atoms with Crippen molar-refractivity contribution in [3.63, 3.8) is 0 Å². The molecule has 1 saturated heterocycles. The van der Waals surface area contributed by atoms with E-state index >= 15 is 0 Å². The lowest BCUT2D eigenvalue weighted by Gasteiger charge is -2.32. The highest BCUT2D eigenvalue weighted by atomic mass is 35.5. The Kier molecular flexibility index (Phi) is 6.88. The Balaban J connectivity index is 0.00000208. The predicted molar refractivity (Wildman–Crippen MR) is 97.1 cm³/mol. The molecule has 24 heavy (non-hydrogen) atoms. The summed E-state index contributed by atoms with van der Waals surface area (Å²) in [4.78, 5) is 32.6. The van der Waals surface area contributed by atoms with Gasteiger partial charge in [0, 0.05) is 6.04 Å². The highest BCUT2D eigenvalue weighted by Crippen LogP contribution is 2.43. The molecule has 1 aromatic heterocycles. The van der Waals surface area contributed by atoms with Crippen LogP contribution in [0, 0.1) is 0 Å². The van der Waals surface area contributed by atoms with E-state index in [9.17, 15) is 19.1 Å². The first-order valence-electron chi connectivity index (χ1n) is 8.15. The molecule has 9 heteroatoms. The summed E-state index contributed by atoms with van der Waals surface area (Å²) in [6.45, 7) is 0.728. The largest absolute Gasteiger partial charge is 0.349 e. The average molecular weight is 395 g/mol. The Morgan fingerprint density at radius 3 is 2.71 bits per heavy atom. The van der Waals surface area contributed by atoms with E-state index in [2.05, 4.69) is 10.6 Å². The third-order valence-corrected chi connectivity index (χ3v) is 6.96. The minimum Gasteiger partial charge on any atom is -0.336 e. The quantitative estimate of drug-likeness (QED) is 0.588. The fraction of sp³-hybridized carbons (Fsp3) is 0.667. The highest BCUT2D eigenvalue weighted by Gasteiger charge is 2.38. The van der Waals surface area contributed by atoms with Gasteiger partial charge in [-0.05, 0) is 61.6 Å². The highest BCUT2D eigenvalue weighted by molar-refractivity contribution is 7.52. The van der Waals surface area contributed by atoms with E-state index in [4.69, 9.17) is 0 Å². The van der Waals surface area contributed by atoms with Gasteiger partial charge in [-0.15, -0.1) is 23.7 Å². The molecule has 2 aliphatic rings. The molecule has 2 heterocycles. The van der Waals surface area contributed by atoms with Crippen molar-refractivity contribution >= 4 is 37.2 Å². The molecule has 2 unspecified atom stereocenters. The van der Waals surface area contributed by atoms with Gasteiger partial charge in [0.05, 0.1) is 4.88 Å². The Bertz CT molecular complexity index is 627. The molecule has 0 saturated carbocycles. The number of amides is 1. The monoisotopic (exact) mass is 394 g/mol. The smallest absolute Gasteiger partial charge is 0.336 e. The van der Waals surface area contributed by atoms with Crippen LogP contribution in [0.1, 0.15) is 52.9 Å². The van der Waals surface area contributed by atoms with Gasteiger partial charge in [0.15, 0.2) is 0 Å². The van der Waals surface area contributed by atoms with Crippen molar-refractivity contribution in [3.05, 3.63) is 21.4 Å². The van der Waals surface area contributed by atoms with Crippen molar-refractivity contribution in [1.29, 1.82) is 0 Å². The van der Waals surface area contributed by atoms with Crippen molar-refractivity contribution in [2.75, 3.05) is 6.54 Å². The fourth-order valence-corrected chi connectivity index (χ4v) is 5.55. The van der Waals surface area contributed by atoms with Crippen LogP contribution in [-0.4, -0.2) is 34.1 Å². The van der Waals surface area contributed by atoms with E-state index in [0.717, 1.165) is 50.6 Å². The van der Waals surface area contributed by atoms with Crippen molar-refractivity contribution in [2.45, 2.75) is 56.8 Å². The summed E-state index contributed by atoms with van der Waals surface area (Å²) in [5.74, 6) is -1.50. The second kappa shape index (κ2) is 8.30. The van der Waals surface area contributed by atoms with Gasteiger partial charge in [-0.1, -0.05) is 6.42 Å². The Morgan fingerprint density at radius 2 is 2.04 bits per heavy atom. The molecule has 1 aliphatic heterocycles. The number of fused-ring (bicyclic) bond motifs is 1. The molecular weight excluding hydrogens is 371 g/mol. The molecule has 1 amide bonds. The normalized spacial score (nSPS) is 22.2. The fourth-order valence-electron chi connectivity index (χ4n) is 3.48. The van der Waals surface area contributed by atoms with Gasteiger partial charge in [-0.3, -0.25) is 9.36 Å². The Labute approximate surface area is 152 Å². The van der Waals surface area contributed by atoms with Crippen LogP contribution in [0.2, 0.25) is 0 Å². The number of nitrogens with one attached hydrogen (secondary N) is 2. The van der Waals surface area contributed by atoms with E-state index in [0.29, 0.717) is 11.3 Å². The van der Waals surface area contributed by atoms with Gasteiger partial charge in [-0.2, -0.15) is 0 Å². The summed E-state index contributed by atoms with van der Waals surface area (Å²) in [7, 11) is -4.42. The number of aryl methyl sites for hydroxylation is 1. The lowest BCUT2D eigenvalue weighted by molar-refractivity contribution is 0.0935. The van der Waals surface area contributed by atoms with Crippen LogP contribution in [0.3, 0.4) is 0 Å². The van der Waals surface area contributed by atoms with Gasteiger partial charge in [0.1, 0.15) is 5.78 Å². The van der Waals surface area contributed by atoms with E-state index < -0.39 is 13.4 Å². The topological polar surface area (TPSA) is 98.7 Å². The average Bonchev–Trinajstić information content (AvgIpc) is 2.96. The number of carbonyl (C=O) groups is 1. The molecule has 0 radical (unpaired) electrons. The zero-order chi connectivity index (χ0) is 16.4. The van der Waals surface area contributed by atoms with Crippen LogP contribution >= 0.6 is 31.3 Å². The van der Waals surface area contributed by atoms with Crippen LogP contribution in [0.15, 0.2) is 5.38 Å². The van der Waals surface area contributed by atoms with Crippen LogP contribution < -0.4 is 10.6 Å². The lowest BCUT2D eigenvalue weighted by Crippen LogP contribution is -2.51. The molecule has 3 rings (SSSR count). The van der Waals surface area contributed by atoms with Crippen LogP contribution in [0.4, 0.5) is 0 Å². The first kappa shape index (κ1) is 19.9. The predicted octanol–water partition coefficient (Wildman–Crippen LogP) is 2.42. The summed E-state index contributed by atoms with van der Waals surface area (Å²) < 4.78 is 11.9. The number of piperidine rings is 1. The molecule has 0 aromatic carbocycles. The van der Waals surface area contributed by atoms with Crippen LogP contribution in [0.5, 0.6) is 0 Å². The summed E-state index contributed by atoms with van der Waals surface area (Å²) in [6, 6.07) is -0.371. The van der Waals surface area contributed by atoms with Gasteiger partial charge in [0.2, 0.25) is 0 Å². The second-order valence-electron chi connectivity index (χ2n) is 6.34. The van der Waals surface area contributed by atoms with Gasteiger partial charge in [-0.25, -0.2) is 0 Å². The minimum absolute atomic E-state index is 0. The molecule has 1 aliphatic carbocycles. The SMILES string of the molecule is Cl.O=C(NC(C1CCCCN1)P(=O)(O)O)c1scc2c1CCCC2. The zero-order valence-electron chi connectivity index (χ0n) is 13.4. The van der Waals surface area contributed by atoms with Gasteiger partial charge >= 0.3 is 7.60 Å². The number of halogens is 1. The summed E-state index contributed by atoms with van der Waals surface area (Å²) >= 11 is 1.39. The summed E-state index contributed by atoms with van der Waals surface area (Å²) in [6.07, 6.45) is 6.65. The van der Waals surface area contributed by atoms with Crippen molar-refractivity contribution in [3.8, 4) is 0 Å². The van der Waals surface area contributed by atoms with Crippen LogP contribution in [-0.2, 0) is 17.4 Å². The molecule has 136 valence electrons. The van der Waals surface area contributed by atoms with E-state index in [-0.39, 0.29) is 24.4 Å². The number of carbonyl (C=O) groups excluding carboxylic acids is 1. The number of hydrogen-bond acceptors (Lipinski definition) is 4. The van der Waals surface area contributed by atoms with E-state index in [1.807, 2.05) is 5.38 Å². The zero-order valence-corrected chi connectivity index (χ0v) is 15.9. The van der Waals surface area contributed by atoms with Gasteiger partial charge < -0.3 is 20.4 Å². The first-order chi connectivity index (χ1) is 11.0. The van der Waals surface area contributed by atoms with E-state index in [1.54, 1.807) is 0 Å². The third kappa shape index (κ3) is 4.40. The van der Waals surface area contributed by atoms with Crippen molar-refractivity contribution in [1.82, 2.24) is 10.6 Å². The van der Waals surface area contributed by atoms with Gasteiger partial charge in [0.25, 0.3) is 5.91 Å². The maximum atomic E-state index is 12.6. The summed E-state index contributed by atoms with van der Waals surface area (Å²) in [5, 5.41) is 7.77. The second-order valence-corrected chi connectivity index (χ2v) is 8.95. The van der Waals surface area contributed by atoms with E-state index in [1.165, 1.54) is 16.9 Å². The first-order valence-corrected chi connectivity index (χ1v) is 10.7. The molecule has 2 atom stereocenters. The van der Waals surface area contributed by atoms with Crippen LogP contribution in [0.25, 0.3) is 0 Å². The van der Waals surface area contributed by atoms with Crippen molar-refractivity contribution in [2.24, 2.45) is 0 Å².